The zero-order valence-electron chi connectivity index (χ0n) is 18.8. The second-order valence-corrected chi connectivity index (χ2v) is 8.91. The third-order valence-electron chi connectivity index (χ3n) is 6.24. The van der Waals surface area contributed by atoms with Crippen LogP contribution in [0.5, 0.6) is 0 Å². The highest BCUT2D eigenvalue weighted by molar-refractivity contribution is 6.30. The van der Waals surface area contributed by atoms with Crippen molar-refractivity contribution in [1.82, 2.24) is 15.5 Å². The van der Waals surface area contributed by atoms with Crippen molar-refractivity contribution in [3.8, 4) is 0 Å². The van der Waals surface area contributed by atoms with Crippen LogP contribution in [-0.2, 0) is 16.1 Å². The summed E-state index contributed by atoms with van der Waals surface area (Å²) in [5, 5.41) is 6.36. The Morgan fingerprint density at radius 2 is 1.91 bits per heavy atom. The number of esters is 1. The van der Waals surface area contributed by atoms with Crippen LogP contribution >= 0.6 is 11.6 Å². The second-order valence-electron chi connectivity index (χ2n) is 8.47. The quantitative estimate of drug-likeness (QED) is 0.533. The molecule has 0 bridgehead atoms. The molecule has 2 aromatic rings. The number of hydrogen-bond donors (Lipinski definition) is 2. The van der Waals surface area contributed by atoms with Crippen LogP contribution < -0.4 is 10.6 Å². The topological polar surface area (TPSA) is 83.8 Å². The summed E-state index contributed by atoms with van der Waals surface area (Å²) in [5.74, 6) is 0.412. The van der Waals surface area contributed by atoms with Crippen molar-refractivity contribution < 1.29 is 18.7 Å². The average molecular weight is 472 g/mol. The molecule has 0 unspecified atom stereocenters. The summed E-state index contributed by atoms with van der Waals surface area (Å²) < 4.78 is 11.0. The zero-order chi connectivity index (χ0) is 23.2. The highest BCUT2D eigenvalue weighted by atomic mass is 35.5. The molecule has 1 aliphatic carbocycles. The molecule has 1 aliphatic heterocycles. The Balaban J connectivity index is 1.71. The van der Waals surface area contributed by atoms with E-state index in [1.54, 1.807) is 25.3 Å². The van der Waals surface area contributed by atoms with Gasteiger partial charge in [-0.25, -0.2) is 9.59 Å². The first-order valence-electron chi connectivity index (χ1n) is 11.5. The lowest BCUT2D eigenvalue weighted by molar-refractivity contribution is -0.139. The number of nitrogens with zero attached hydrogens (tertiary/aromatic N) is 1. The molecule has 33 heavy (non-hydrogen) atoms. The lowest BCUT2D eigenvalue weighted by Gasteiger charge is -2.37. The minimum absolute atomic E-state index is 0.246. The van der Waals surface area contributed by atoms with Gasteiger partial charge in [0, 0.05) is 23.3 Å². The SMILES string of the molecule is CCOC(=O)C1=C(CN(Cc2ccco2)C2CCCCC2)NC(=O)N[C@H]1c1ccc(Cl)cc1. The fourth-order valence-corrected chi connectivity index (χ4v) is 4.79. The van der Waals surface area contributed by atoms with Crippen molar-refractivity contribution in [2.45, 2.75) is 57.7 Å². The molecule has 0 saturated heterocycles. The third-order valence-corrected chi connectivity index (χ3v) is 6.50. The number of halogens is 1. The number of ether oxygens (including phenoxy) is 1. The van der Waals surface area contributed by atoms with Gasteiger partial charge in [0.25, 0.3) is 0 Å². The molecule has 2 aliphatic rings. The molecule has 0 radical (unpaired) electrons. The van der Waals surface area contributed by atoms with Crippen LogP contribution in [0.3, 0.4) is 0 Å². The van der Waals surface area contributed by atoms with E-state index < -0.39 is 12.0 Å². The lowest BCUT2D eigenvalue weighted by atomic mass is 9.92. The monoisotopic (exact) mass is 471 g/mol. The maximum Gasteiger partial charge on any atom is 0.338 e. The van der Waals surface area contributed by atoms with Gasteiger partial charge in [0.1, 0.15) is 5.76 Å². The summed E-state index contributed by atoms with van der Waals surface area (Å²) in [7, 11) is 0. The van der Waals surface area contributed by atoms with Gasteiger partial charge in [0.15, 0.2) is 0 Å². The number of furan rings is 1. The van der Waals surface area contributed by atoms with E-state index in [4.69, 9.17) is 20.8 Å². The van der Waals surface area contributed by atoms with Crippen molar-refractivity contribution >= 4 is 23.6 Å². The van der Waals surface area contributed by atoms with Gasteiger partial charge in [-0.15, -0.1) is 0 Å². The van der Waals surface area contributed by atoms with Crippen molar-refractivity contribution in [3.05, 3.63) is 70.3 Å². The number of carbonyl (C=O) groups excluding carboxylic acids is 2. The summed E-state index contributed by atoms with van der Waals surface area (Å²) in [6.45, 7) is 3.04. The van der Waals surface area contributed by atoms with E-state index >= 15 is 0 Å². The molecule has 1 aromatic carbocycles. The van der Waals surface area contributed by atoms with Gasteiger partial charge in [-0.2, -0.15) is 0 Å². The van der Waals surface area contributed by atoms with E-state index in [0.29, 0.717) is 35.4 Å². The number of urea groups is 1. The molecular formula is C25H30ClN3O4. The predicted molar refractivity (Wildman–Crippen MR) is 126 cm³/mol. The lowest BCUT2D eigenvalue weighted by Crippen LogP contribution is -2.49. The van der Waals surface area contributed by atoms with Gasteiger partial charge >= 0.3 is 12.0 Å². The zero-order valence-corrected chi connectivity index (χ0v) is 19.6. The van der Waals surface area contributed by atoms with Crippen LogP contribution in [0.25, 0.3) is 0 Å². The van der Waals surface area contributed by atoms with Crippen molar-refractivity contribution in [2.24, 2.45) is 0 Å². The Hall–Kier alpha value is -2.77. The van der Waals surface area contributed by atoms with Crippen LogP contribution in [-0.4, -0.2) is 36.1 Å². The first-order chi connectivity index (χ1) is 16.0. The summed E-state index contributed by atoms with van der Waals surface area (Å²) >= 11 is 6.06. The number of amides is 2. The minimum Gasteiger partial charge on any atom is -0.468 e. The number of hydrogen-bond acceptors (Lipinski definition) is 5. The molecule has 1 atom stereocenters. The van der Waals surface area contributed by atoms with E-state index in [1.165, 1.54) is 19.3 Å². The van der Waals surface area contributed by atoms with Gasteiger partial charge in [-0.05, 0) is 49.6 Å². The fraction of sp³-hybridized carbons (Fsp3) is 0.440. The summed E-state index contributed by atoms with van der Waals surface area (Å²) in [5.41, 5.74) is 1.75. The van der Waals surface area contributed by atoms with Crippen LogP contribution in [0.1, 0.15) is 56.4 Å². The average Bonchev–Trinajstić information content (AvgIpc) is 3.33. The molecule has 1 saturated carbocycles. The standard InChI is InChI=1S/C25H30ClN3O4/c1-2-32-24(30)22-21(27-25(31)28-23(22)17-10-12-18(26)13-11-17)16-29(15-20-9-6-14-33-20)19-7-4-3-5-8-19/h6,9-14,19,23H,2-5,7-8,15-16H2,1H3,(H2,27,28,31)/t23-/m0/s1. The van der Waals surface area contributed by atoms with Crippen molar-refractivity contribution in [2.75, 3.05) is 13.2 Å². The molecule has 0 spiro atoms. The van der Waals surface area contributed by atoms with Gasteiger partial charge < -0.3 is 19.8 Å². The van der Waals surface area contributed by atoms with Gasteiger partial charge in [0.2, 0.25) is 0 Å². The van der Waals surface area contributed by atoms with E-state index in [-0.39, 0.29) is 12.6 Å². The van der Waals surface area contributed by atoms with Crippen LogP contribution in [0.15, 0.2) is 58.3 Å². The minimum atomic E-state index is -0.623. The van der Waals surface area contributed by atoms with Crippen molar-refractivity contribution in [3.63, 3.8) is 0 Å². The molecule has 2 N–H and O–H groups in total. The van der Waals surface area contributed by atoms with Gasteiger partial charge in [-0.1, -0.05) is 43.0 Å². The Kier molecular flexibility index (Phi) is 7.73. The molecular weight excluding hydrogens is 442 g/mol. The fourth-order valence-electron chi connectivity index (χ4n) is 4.66. The van der Waals surface area contributed by atoms with Gasteiger partial charge in [0.05, 0.1) is 31.0 Å². The van der Waals surface area contributed by atoms with E-state index in [0.717, 1.165) is 24.2 Å². The third kappa shape index (κ3) is 5.78. The molecule has 1 fully saturated rings. The highest BCUT2D eigenvalue weighted by Gasteiger charge is 2.35. The molecule has 4 rings (SSSR count). The first kappa shape index (κ1) is 23.4. The van der Waals surface area contributed by atoms with Crippen LogP contribution in [0.2, 0.25) is 5.02 Å². The Labute approximate surface area is 199 Å². The van der Waals surface area contributed by atoms with E-state index in [9.17, 15) is 9.59 Å². The first-order valence-corrected chi connectivity index (χ1v) is 11.9. The summed E-state index contributed by atoms with van der Waals surface area (Å²) in [6.07, 6.45) is 7.40. The van der Waals surface area contributed by atoms with Gasteiger partial charge in [-0.3, -0.25) is 4.90 Å². The molecule has 8 heteroatoms. The second kappa shape index (κ2) is 10.9. The van der Waals surface area contributed by atoms with E-state index in [1.807, 2.05) is 24.3 Å². The number of benzene rings is 1. The van der Waals surface area contributed by atoms with Crippen molar-refractivity contribution in [1.29, 1.82) is 0 Å². The molecule has 2 amide bonds. The smallest absolute Gasteiger partial charge is 0.338 e. The number of nitrogens with one attached hydrogen (secondary N) is 2. The Morgan fingerprint density at radius 3 is 2.58 bits per heavy atom. The molecule has 176 valence electrons. The molecule has 2 heterocycles. The largest absolute Gasteiger partial charge is 0.468 e. The van der Waals surface area contributed by atoms with E-state index in [2.05, 4.69) is 15.5 Å². The predicted octanol–water partition coefficient (Wildman–Crippen LogP) is 4.94. The Bertz CT molecular complexity index is 982. The van der Waals surface area contributed by atoms with Crippen LogP contribution in [0.4, 0.5) is 4.79 Å². The summed E-state index contributed by atoms with van der Waals surface area (Å²) in [4.78, 5) is 28.1. The maximum atomic E-state index is 13.1. The molecule has 1 aromatic heterocycles. The highest BCUT2D eigenvalue weighted by Crippen LogP contribution is 2.31. The summed E-state index contributed by atoms with van der Waals surface area (Å²) in [6, 6.07) is 10.3. The number of rotatable bonds is 8. The number of carbonyl (C=O) groups is 2. The maximum absolute atomic E-state index is 13.1. The normalized spacial score (nSPS) is 19.4. The van der Waals surface area contributed by atoms with Crippen LogP contribution in [0, 0.1) is 0 Å². The molecule has 7 nitrogen and oxygen atoms in total. The Morgan fingerprint density at radius 1 is 1.15 bits per heavy atom.